The van der Waals surface area contributed by atoms with Gasteiger partial charge in [-0.3, -0.25) is 4.79 Å². The summed E-state index contributed by atoms with van der Waals surface area (Å²) in [6.07, 6.45) is 5.66. The molecule has 0 saturated heterocycles. The fourth-order valence-corrected chi connectivity index (χ4v) is 3.91. The van der Waals surface area contributed by atoms with Crippen molar-refractivity contribution >= 4 is 29.2 Å². The SMILES string of the molecule is CCCCC(CC)CC(=O)CCSc1cc(OCC)cc(C(=O)OC)c1N. The molecule has 0 heterocycles. The second-order valence-corrected chi connectivity index (χ2v) is 7.70. The molecule has 0 spiro atoms. The molecule has 0 saturated carbocycles. The van der Waals surface area contributed by atoms with Crippen molar-refractivity contribution in [1.82, 2.24) is 0 Å². The molecule has 1 aromatic carbocycles. The number of carbonyl (C=O) groups excluding carboxylic acids is 2. The first-order valence-electron chi connectivity index (χ1n) is 9.75. The zero-order chi connectivity index (χ0) is 20.2. The van der Waals surface area contributed by atoms with Crippen molar-refractivity contribution < 1.29 is 19.1 Å². The molecule has 0 amide bonds. The number of nitrogens with two attached hydrogens (primary N) is 1. The maximum atomic E-state index is 12.3. The molecule has 27 heavy (non-hydrogen) atoms. The molecular weight excluding hydrogens is 362 g/mol. The van der Waals surface area contributed by atoms with E-state index < -0.39 is 5.97 Å². The summed E-state index contributed by atoms with van der Waals surface area (Å²) in [5.74, 6) is 1.49. The normalized spacial score (nSPS) is 11.9. The molecule has 0 radical (unpaired) electrons. The number of thioether (sulfide) groups is 1. The molecule has 6 heteroatoms. The van der Waals surface area contributed by atoms with Crippen LogP contribution in [0.2, 0.25) is 0 Å². The van der Waals surface area contributed by atoms with E-state index in [1.807, 2.05) is 13.0 Å². The minimum absolute atomic E-state index is 0.290. The van der Waals surface area contributed by atoms with Crippen LogP contribution in [0.5, 0.6) is 5.75 Å². The van der Waals surface area contributed by atoms with Crippen molar-refractivity contribution in [2.24, 2.45) is 5.92 Å². The second-order valence-electron chi connectivity index (χ2n) is 6.57. The van der Waals surface area contributed by atoms with E-state index in [2.05, 4.69) is 13.8 Å². The fraction of sp³-hybridized carbons (Fsp3) is 0.619. The number of ketones is 1. The molecule has 0 fully saturated rings. The number of Topliss-reactive ketones (excluding diaryl/α,β-unsaturated/α-hetero) is 1. The number of unbranched alkanes of at least 4 members (excludes halogenated alkanes) is 1. The summed E-state index contributed by atoms with van der Waals surface area (Å²) < 4.78 is 10.3. The van der Waals surface area contributed by atoms with Gasteiger partial charge in [0.1, 0.15) is 11.5 Å². The standard InChI is InChI=1S/C21H33NO4S/c1-5-8-9-15(6-2)12-16(23)10-11-27-19-14-17(26-7-3)13-18(20(19)22)21(24)25-4/h13-15H,5-12,22H2,1-4H3. The predicted molar refractivity (Wildman–Crippen MR) is 112 cm³/mol. The van der Waals surface area contributed by atoms with Gasteiger partial charge in [0.2, 0.25) is 0 Å². The molecule has 0 aliphatic rings. The quantitative estimate of drug-likeness (QED) is 0.284. The van der Waals surface area contributed by atoms with Gasteiger partial charge in [0.25, 0.3) is 0 Å². The molecule has 1 aromatic rings. The van der Waals surface area contributed by atoms with Gasteiger partial charge < -0.3 is 15.2 Å². The van der Waals surface area contributed by atoms with Gasteiger partial charge in [-0.1, -0.05) is 39.5 Å². The van der Waals surface area contributed by atoms with Crippen LogP contribution in [0.1, 0.15) is 69.7 Å². The molecule has 0 aromatic heterocycles. The van der Waals surface area contributed by atoms with Crippen molar-refractivity contribution in [2.75, 3.05) is 25.2 Å². The van der Waals surface area contributed by atoms with E-state index in [1.54, 1.807) is 6.07 Å². The Morgan fingerprint density at radius 1 is 1.22 bits per heavy atom. The molecule has 0 aliphatic heterocycles. The number of rotatable bonds is 13. The summed E-state index contributed by atoms with van der Waals surface area (Å²) in [6.45, 7) is 6.69. The van der Waals surface area contributed by atoms with Crippen LogP contribution in [0, 0.1) is 5.92 Å². The number of anilines is 1. The number of esters is 1. The van der Waals surface area contributed by atoms with Crippen molar-refractivity contribution in [3.05, 3.63) is 17.7 Å². The minimum atomic E-state index is -0.492. The molecular formula is C21H33NO4S. The minimum Gasteiger partial charge on any atom is -0.494 e. The van der Waals surface area contributed by atoms with Crippen LogP contribution in [-0.2, 0) is 9.53 Å². The summed E-state index contributed by atoms with van der Waals surface area (Å²) in [6, 6.07) is 3.41. The summed E-state index contributed by atoms with van der Waals surface area (Å²) in [4.78, 5) is 25.0. The smallest absolute Gasteiger partial charge is 0.340 e. The average Bonchev–Trinajstić information content (AvgIpc) is 2.66. The predicted octanol–water partition coefficient (Wildman–Crippen LogP) is 5.11. The monoisotopic (exact) mass is 395 g/mol. The Hall–Kier alpha value is -1.69. The van der Waals surface area contributed by atoms with Gasteiger partial charge in [-0.15, -0.1) is 11.8 Å². The van der Waals surface area contributed by atoms with Gasteiger partial charge in [-0.05, 0) is 25.0 Å². The number of methoxy groups -OCH3 is 1. The van der Waals surface area contributed by atoms with Gasteiger partial charge in [-0.25, -0.2) is 4.79 Å². The fourth-order valence-electron chi connectivity index (χ4n) is 2.89. The zero-order valence-corrected chi connectivity index (χ0v) is 17.8. The highest BCUT2D eigenvalue weighted by Gasteiger charge is 2.17. The summed E-state index contributed by atoms with van der Waals surface area (Å²) in [7, 11) is 1.32. The van der Waals surface area contributed by atoms with Gasteiger partial charge in [-0.2, -0.15) is 0 Å². The van der Waals surface area contributed by atoms with Gasteiger partial charge in [0.05, 0.1) is 25.0 Å². The van der Waals surface area contributed by atoms with Crippen LogP contribution in [0.25, 0.3) is 0 Å². The third kappa shape index (κ3) is 7.83. The van der Waals surface area contributed by atoms with Crippen LogP contribution >= 0.6 is 11.8 Å². The Morgan fingerprint density at radius 2 is 1.96 bits per heavy atom. The first-order valence-corrected chi connectivity index (χ1v) is 10.7. The van der Waals surface area contributed by atoms with E-state index in [-0.39, 0.29) is 5.78 Å². The molecule has 1 unspecified atom stereocenters. The van der Waals surface area contributed by atoms with Crippen LogP contribution in [0.4, 0.5) is 5.69 Å². The van der Waals surface area contributed by atoms with E-state index >= 15 is 0 Å². The maximum absolute atomic E-state index is 12.3. The number of carbonyl (C=O) groups is 2. The van der Waals surface area contributed by atoms with Crippen molar-refractivity contribution in [1.29, 1.82) is 0 Å². The molecule has 0 aliphatic carbocycles. The van der Waals surface area contributed by atoms with Gasteiger partial charge in [0.15, 0.2) is 0 Å². The van der Waals surface area contributed by atoms with E-state index in [4.69, 9.17) is 15.2 Å². The van der Waals surface area contributed by atoms with Crippen LogP contribution < -0.4 is 10.5 Å². The van der Waals surface area contributed by atoms with Crippen molar-refractivity contribution in [3.8, 4) is 5.75 Å². The van der Waals surface area contributed by atoms with E-state index in [0.29, 0.717) is 48.1 Å². The van der Waals surface area contributed by atoms with E-state index in [1.165, 1.54) is 31.7 Å². The summed E-state index contributed by atoms with van der Waals surface area (Å²) in [5.41, 5.74) is 6.80. The van der Waals surface area contributed by atoms with Crippen LogP contribution in [-0.4, -0.2) is 31.2 Å². The topological polar surface area (TPSA) is 78.6 Å². The number of nitrogen functional groups attached to an aromatic ring is 1. The molecule has 2 N–H and O–H groups in total. The average molecular weight is 396 g/mol. The van der Waals surface area contributed by atoms with Crippen LogP contribution in [0.3, 0.4) is 0 Å². The highest BCUT2D eigenvalue weighted by molar-refractivity contribution is 7.99. The number of benzene rings is 1. The van der Waals surface area contributed by atoms with E-state index in [9.17, 15) is 9.59 Å². The lowest BCUT2D eigenvalue weighted by Crippen LogP contribution is -2.09. The lowest BCUT2D eigenvalue weighted by Gasteiger charge is -2.14. The third-order valence-corrected chi connectivity index (χ3v) is 5.59. The van der Waals surface area contributed by atoms with Crippen LogP contribution in [0.15, 0.2) is 17.0 Å². The number of hydrogen-bond donors (Lipinski definition) is 1. The third-order valence-electron chi connectivity index (χ3n) is 4.53. The molecule has 152 valence electrons. The summed E-state index contributed by atoms with van der Waals surface area (Å²) >= 11 is 1.48. The Labute approximate surface area is 167 Å². The van der Waals surface area contributed by atoms with Gasteiger partial charge in [0, 0.05) is 23.5 Å². The Morgan fingerprint density at radius 3 is 2.56 bits per heavy atom. The molecule has 1 atom stereocenters. The summed E-state index contributed by atoms with van der Waals surface area (Å²) in [5, 5.41) is 0. The van der Waals surface area contributed by atoms with Crippen molar-refractivity contribution in [2.45, 2.75) is 64.2 Å². The number of ether oxygens (including phenoxy) is 2. The zero-order valence-electron chi connectivity index (χ0n) is 17.0. The Bertz CT molecular complexity index is 618. The maximum Gasteiger partial charge on any atom is 0.340 e. The van der Waals surface area contributed by atoms with Crippen molar-refractivity contribution in [3.63, 3.8) is 0 Å². The largest absolute Gasteiger partial charge is 0.494 e. The second kappa shape index (κ2) is 12.7. The Balaban J connectivity index is 2.71. The highest BCUT2D eigenvalue weighted by atomic mass is 32.2. The molecule has 0 bridgehead atoms. The Kier molecular flexibility index (Phi) is 10.9. The first kappa shape index (κ1) is 23.3. The number of hydrogen-bond acceptors (Lipinski definition) is 6. The van der Waals surface area contributed by atoms with E-state index in [0.717, 1.165) is 17.7 Å². The first-order chi connectivity index (χ1) is 13.0. The van der Waals surface area contributed by atoms with Gasteiger partial charge >= 0.3 is 5.97 Å². The molecule has 1 rings (SSSR count). The lowest BCUT2D eigenvalue weighted by atomic mass is 9.93. The highest BCUT2D eigenvalue weighted by Crippen LogP contribution is 2.33. The lowest BCUT2D eigenvalue weighted by molar-refractivity contribution is -0.119. The molecule has 5 nitrogen and oxygen atoms in total.